The van der Waals surface area contributed by atoms with Gasteiger partial charge in [-0.1, -0.05) is 0 Å². The molecule has 0 aromatic carbocycles. The summed E-state index contributed by atoms with van der Waals surface area (Å²) in [7, 11) is 0. The molecule has 0 aliphatic rings. The lowest BCUT2D eigenvalue weighted by molar-refractivity contribution is -0.114. The second-order valence-corrected chi connectivity index (χ2v) is 4.04. The van der Waals surface area contributed by atoms with Crippen molar-refractivity contribution in [3.8, 4) is 5.88 Å². The van der Waals surface area contributed by atoms with E-state index in [0.717, 1.165) is 11.6 Å². The van der Waals surface area contributed by atoms with Gasteiger partial charge in [0.05, 0.1) is 5.69 Å². The molecule has 0 spiro atoms. The van der Waals surface area contributed by atoms with Crippen molar-refractivity contribution in [2.75, 3.05) is 11.1 Å². The molecule has 1 amide bonds. The van der Waals surface area contributed by atoms with Gasteiger partial charge in [0, 0.05) is 25.4 Å². The first-order chi connectivity index (χ1) is 9.56. The van der Waals surface area contributed by atoms with Crippen molar-refractivity contribution in [2.24, 2.45) is 0 Å². The second-order valence-electron chi connectivity index (χ2n) is 4.04. The molecule has 3 N–H and O–H groups in total. The van der Waals surface area contributed by atoms with Gasteiger partial charge < -0.3 is 15.8 Å². The largest absolute Gasteiger partial charge is 0.471 e. The number of halogens is 1. The molecule has 0 bridgehead atoms. The van der Waals surface area contributed by atoms with E-state index in [2.05, 4.69) is 15.3 Å². The van der Waals surface area contributed by atoms with Crippen LogP contribution in [-0.2, 0) is 11.4 Å². The molecular formula is C13H13FN4O2. The van der Waals surface area contributed by atoms with Gasteiger partial charge in [-0.15, -0.1) is 0 Å². The molecule has 104 valence electrons. The van der Waals surface area contributed by atoms with Crippen LogP contribution in [0.4, 0.5) is 15.9 Å². The monoisotopic (exact) mass is 276 g/mol. The Balaban J connectivity index is 2.16. The number of nitrogens with one attached hydrogen (secondary N) is 1. The van der Waals surface area contributed by atoms with Crippen LogP contribution in [0.1, 0.15) is 12.5 Å². The smallest absolute Gasteiger partial charge is 0.252 e. The van der Waals surface area contributed by atoms with Crippen LogP contribution in [-0.4, -0.2) is 15.9 Å². The van der Waals surface area contributed by atoms with Crippen LogP contribution in [0.2, 0.25) is 0 Å². The fourth-order valence-corrected chi connectivity index (χ4v) is 1.48. The molecule has 0 saturated heterocycles. The second kappa shape index (κ2) is 5.96. The van der Waals surface area contributed by atoms with E-state index in [1.54, 1.807) is 24.5 Å². The normalized spacial score (nSPS) is 10.1. The van der Waals surface area contributed by atoms with E-state index in [4.69, 9.17) is 10.5 Å². The number of aromatic nitrogens is 2. The van der Waals surface area contributed by atoms with Crippen LogP contribution >= 0.6 is 0 Å². The average Bonchev–Trinajstić information content (AvgIpc) is 2.41. The Bertz CT molecular complexity index is 619. The van der Waals surface area contributed by atoms with Crippen LogP contribution in [0, 0.1) is 5.82 Å². The van der Waals surface area contributed by atoms with Crippen molar-refractivity contribution in [1.29, 1.82) is 0 Å². The van der Waals surface area contributed by atoms with Crippen LogP contribution in [0.15, 0.2) is 30.6 Å². The molecule has 2 heterocycles. The van der Waals surface area contributed by atoms with Crippen molar-refractivity contribution in [2.45, 2.75) is 13.5 Å². The van der Waals surface area contributed by atoms with Crippen LogP contribution in [0.5, 0.6) is 5.88 Å². The highest BCUT2D eigenvalue weighted by Gasteiger charge is 2.12. The van der Waals surface area contributed by atoms with E-state index < -0.39 is 5.82 Å². The third-order valence-corrected chi connectivity index (χ3v) is 2.39. The first-order valence-corrected chi connectivity index (χ1v) is 5.81. The van der Waals surface area contributed by atoms with E-state index >= 15 is 0 Å². The summed E-state index contributed by atoms with van der Waals surface area (Å²) in [5.74, 6) is -1.19. The van der Waals surface area contributed by atoms with Gasteiger partial charge in [-0.2, -0.15) is 4.98 Å². The van der Waals surface area contributed by atoms with Crippen LogP contribution < -0.4 is 15.8 Å². The molecule has 20 heavy (non-hydrogen) atoms. The molecule has 0 unspecified atom stereocenters. The SMILES string of the molecule is CC(=O)Nc1nc(OCc2ccncc2)c(F)cc1N. The highest BCUT2D eigenvalue weighted by atomic mass is 19.1. The van der Waals surface area contributed by atoms with Crippen molar-refractivity contribution in [1.82, 2.24) is 9.97 Å². The van der Waals surface area contributed by atoms with Gasteiger partial charge in [-0.05, 0) is 17.7 Å². The zero-order valence-electron chi connectivity index (χ0n) is 10.8. The zero-order valence-corrected chi connectivity index (χ0v) is 10.8. The maximum Gasteiger partial charge on any atom is 0.252 e. The molecule has 2 aromatic rings. The topological polar surface area (TPSA) is 90.1 Å². The number of pyridine rings is 2. The molecular weight excluding hydrogens is 263 g/mol. The van der Waals surface area contributed by atoms with Gasteiger partial charge in [-0.3, -0.25) is 9.78 Å². The Morgan fingerprint density at radius 1 is 1.45 bits per heavy atom. The van der Waals surface area contributed by atoms with E-state index in [-0.39, 0.29) is 29.9 Å². The summed E-state index contributed by atoms with van der Waals surface area (Å²) in [5, 5.41) is 2.41. The standard InChI is InChI=1S/C13H13FN4O2/c1-8(19)17-12-11(15)6-10(14)13(18-12)20-7-9-2-4-16-5-3-9/h2-6H,7,15H2,1H3,(H,17,18,19). The number of nitrogen functional groups attached to an aromatic ring is 1. The minimum absolute atomic E-state index is 0.0361. The minimum atomic E-state index is -0.689. The average molecular weight is 276 g/mol. The van der Waals surface area contributed by atoms with Gasteiger partial charge in [-0.25, -0.2) is 4.39 Å². The molecule has 0 aliphatic carbocycles. The molecule has 0 fully saturated rings. The summed E-state index contributed by atoms with van der Waals surface area (Å²) in [4.78, 5) is 18.7. The van der Waals surface area contributed by atoms with Gasteiger partial charge in [0.2, 0.25) is 5.91 Å². The lowest BCUT2D eigenvalue weighted by atomic mass is 10.3. The Morgan fingerprint density at radius 2 is 2.15 bits per heavy atom. The molecule has 0 aliphatic heterocycles. The Labute approximate surface area is 114 Å². The van der Waals surface area contributed by atoms with Crippen molar-refractivity contribution in [3.05, 3.63) is 42.0 Å². The van der Waals surface area contributed by atoms with Crippen LogP contribution in [0.3, 0.4) is 0 Å². The number of anilines is 2. The molecule has 7 heteroatoms. The number of carbonyl (C=O) groups is 1. The number of hydrogen-bond donors (Lipinski definition) is 2. The highest BCUT2D eigenvalue weighted by molar-refractivity contribution is 5.90. The van der Waals surface area contributed by atoms with E-state index in [1.807, 2.05) is 0 Å². The maximum atomic E-state index is 13.7. The van der Waals surface area contributed by atoms with E-state index in [9.17, 15) is 9.18 Å². The number of ether oxygens (including phenoxy) is 1. The Kier molecular flexibility index (Phi) is 4.09. The minimum Gasteiger partial charge on any atom is -0.471 e. The number of nitrogens with zero attached hydrogens (tertiary/aromatic N) is 2. The summed E-state index contributed by atoms with van der Waals surface area (Å²) in [5.41, 5.74) is 6.42. The van der Waals surface area contributed by atoms with Crippen LogP contribution in [0.25, 0.3) is 0 Å². The third-order valence-electron chi connectivity index (χ3n) is 2.39. The summed E-state index contributed by atoms with van der Waals surface area (Å²) >= 11 is 0. The lowest BCUT2D eigenvalue weighted by Crippen LogP contribution is -2.11. The summed E-state index contributed by atoms with van der Waals surface area (Å²) in [6.45, 7) is 1.44. The molecule has 0 atom stereocenters. The molecule has 0 radical (unpaired) electrons. The number of hydrogen-bond acceptors (Lipinski definition) is 5. The van der Waals surface area contributed by atoms with Gasteiger partial charge in [0.25, 0.3) is 5.88 Å². The third kappa shape index (κ3) is 3.41. The van der Waals surface area contributed by atoms with Crippen molar-refractivity contribution in [3.63, 3.8) is 0 Å². The fraction of sp³-hybridized carbons (Fsp3) is 0.154. The Morgan fingerprint density at radius 3 is 2.80 bits per heavy atom. The summed E-state index contributed by atoms with van der Waals surface area (Å²) < 4.78 is 19.0. The van der Waals surface area contributed by atoms with Crippen molar-refractivity contribution >= 4 is 17.4 Å². The van der Waals surface area contributed by atoms with Gasteiger partial charge in [0.1, 0.15) is 6.61 Å². The zero-order chi connectivity index (χ0) is 14.5. The molecule has 6 nitrogen and oxygen atoms in total. The Hall–Kier alpha value is -2.70. The number of nitrogens with two attached hydrogens (primary N) is 1. The van der Waals surface area contributed by atoms with E-state index in [1.165, 1.54) is 6.92 Å². The first-order valence-electron chi connectivity index (χ1n) is 5.81. The molecule has 2 rings (SSSR count). The summed E-state index contributed by atoms with van der Waals surface area (Å²) in [6.07, 6.45) is 3.21. The highest BCUT2D eigenvalue weighted by Crippen LogP contribution is 2.24. The quantitative estimate of drug-likeness (QED) is 0.887. The predicted molar refractivity (Wildman–Crippen MR) is 71.5 cm³/mol. The number of carbonyl (C=O) groups excluding carboxylic acids is 1. The number of rotatable bonds is 4. The molecule has 0 saturated carbocycles. The predicted octanol–water partition coefficient (Wildman–Crippen LogP) is 1.74. The van der Waals surface area contributed by atoms with Crippen molar-refractivity contribution < 1.29 is 13.9 Å². The fourth-order valence-electron chi connectivity index (χ4n) is 1.48. The lowest BCUT2D eigenvalue weighted by Gasteiger charge is -2.10. The maximum absolute atomic E-state index is 13.7. The summed E-state index contributed by atoms with van der Waals surface area (Å²) in [6, 6.07) is 4.54. The molecule has 2 aromatic heterocycles. The van der Waals surface area contributed by atoms with Gasteiger partial charge in [0.15, 0.2) is 11.6 Å². The first kappa shape index (κ1) is 13.7. The number of amides is 1. The van der Waals surface area contributed by atoms with Gasteiger partial charge >= 0.3 is 0 Å². The van der Waals surface area contributed by atoms with E-state index in [0.29, 0.717) is 0 Å².